The fourth-order valence-corrected chi connectivity index (χ4v) is 3.61. The number of fused-ring (bicyclic) bond motifs is 1. The van der Waals surface area contributed by atoms with Gasteiger partial charge in [-0.1, -0.05) is 20.3 Å². The fraction of sp³-hybridized carbons (Fsp3) is 0.533. The average Bonchev–Trinajstić information content (AvgIpc) is 2.81. The Morgan fingerprint density at radius 3 is 3.06 bits per heavy atom. The maximum atomic E-state index is 4.32. The summed E-state index contributed by atoms with van der Waals surface area (Å²) >= 11 is 1.71. The normalized spacial score (nSPS) is 28.4. The van der Waals surface area contributed by atoms with Crippen molar-refractivity contribution in [3.05, 3.63) is 23.7 Å². The predicted octanol–water partition coefficient (Wildman–Crippen LogP) is 4.53. The third-order valence-electron chi connectivity index (χ3n) is 4.14. The van der Waals surface area contributed by atoms with Crippen LogP contribution in [0.3, 0.4) is 0 Å². The van der Waals surface area contributed by atoms with Crippen molar-refractivity contribution in [2.45, 2.75) is 39.2 Å². The topological polar surface area (TPSA) is 24.9 Å². The first-order chi connectivity index (χ1) is 8.72. The molecule has 3 rings (SSSR count). The van der Waals surface area contributed by atoms with E-state index < -0.39 is 0 Å². The van der Waals surface area contributed by atoms with Crippen LogP contribution in [-0.2, 0) is 0 Å². The molecule has 1 heterocycles. The van der Waals surface area contributed by atoms with E-state index in [4.69, 9.17) is 0 Å². The minimum Gasteiger partial charge on any atom is -0.382 e. The summed E-state index contributed by atoms with van der Waals surface area (Å²) in [5.74, 6) is 1.63. The monoisotopic (exact) mass is 260 g/mol. The van der Waals surface area contributed by atoms with Crippen molar-refractivity contribution < 1.29 is 0 Å². The van der Waals surface area contributed by atoms with Gasteiger partial charge in [-0.3, -0.25) is 0 Å². The Morgan fingerprint density at radius 1 is 1.28 bits per heavy atom. The van der Waals surface area contributed by atoms with Gasteiger partial charge < -0.3 is 5.32 Å². The Labute approximate surface area is 112 Å². The average molecular weight is 260 g/mol. The van der Waals surface area contributed by atoms with E-state index in [0.717, 1.165) is 17.4 Å². The summed E-state index contributed by atoms with van der Waals surface area (Å²) in [7, 11) is 0. The Hall–Kier alpha value is -1.09. The minimum absolute atomic E-state index is 0.624. The summed E-state index contributed by atoms with van der Waals surface area (Å²) in [5, 5.41) is 3.72. The summed E-state index contributed by atoms with van der Waals surface area (Å²) < 4.78 is 1.27. The Bertz CT molecular complexity index is 534. The number of rotatable bonds is 2. The molecule has 1 saturated carbocycles. The minimum atomic E-state index is 0.624. The first kappa shape index (κ1) is 12.0. The van der Waals surface area contributed by atoms with E-state index in [2.05, 4.69) is 42.3 Å². The van der Waals surface area contributed by atoms with Crippen molar-refractivity contribution >= 4 is 27.2 Å². The second-order valence-corrected chi connectivity index (χ2v) is 6.57. The standard InChI is InChI=1S/C15H20N2S/c1-10-3-4-11(2)14(7-10)17-12-5-6-13-15(8-12)18-9-16-13/h5-6,8-11,14,17H,3-4,7H2,1-2H3. The van der Waals surface area contributed by atoms with Crippen LogP contribution in [0.15, 0.2) is 23.7 Å². The zero-order valence-corrected chi connectivity index (χ0v) is 11.8. The first-order valence-corrected chi connectivity index (χ1v) is 7.70. The summed E-state index contributed by atoms with van der Waals surface area (Å²) in [6.45, 7) is 4.74. The molecule has 1 fully saturated rings. The molecular weight excluding hydrogens is 240 g/mol. The molecule has 18 heavy (non-hydrogen) atoms. The second kappa shape index (κ2) is 4.88. The Kier molecular flexibility index (Phi) is 3.25. The number of nitrogens with zero attached hydrogens (tertiary/aromatic N) is 1. The highest BCUT2D eigenvalue weighted by atomic mass is 32.1. The van der Waals surface area contributed by atoms with Gasteiger partial charge in [-0.2, -0.15) is 0 Å². The Morgan fingerprint density at radius 2 is 2.17 bits per heavy atom. The van der Waals surface area contributed by atoms with Crippen molar-refractivity contribution in [3.8, 4) is 0 Å². The van der Waals surface area contributed by atoms with E-state index in [1.165, 1.54) is 29.6 Å². The molecule has 1 aromatic heterocycles. The lowest BCUT2D eigenvalue weighted by molar-refractivity contribution is 0.281. The van der Waals surface area contributed by atoms with E-state index in [-0.39, 0.29) is 0 Å². The Balaban J connectivity index is 1.78. The van der Waals surface area contributed by atoms with Gasteiger partial charge in [0.15, 0.2) is 0 Å². The van der Waals surface area contributed by atoms with Gasteiger partial charge in [0.25, 0.3) is 0 Å². The summed E-state index contributed by atoms with van der Waals surface area (Å²) in [6, 6.07) is 7.14. The number of thiazole rings is 1. The SMILES string of the molecule is CC1CCC(C)C(Nc2ccc3ncsc3c2)C1. The first-order valence-electron chi connectivity index (χ1n) is 6.82. The maximum absolute atomic E-state index is 4.32. The van der Waals surface area contributed by atoms with Gasteiger partial charge in [0, 0.05) is 11.7 Å². The van der Waals surface area contributed by atoms with Crippen LogP contribution < -0.4 is 5.32 Å². The zero-order chi connectivity index (χ0) is 12.5. The second-order valence-electron chi connectivity index (χ2n) is 5.68. The van der Waals surface area contributed by atoms with Crippen molar-refractivity contribution in [2.75, 3.05) is 5.32 Å². The lowest BCUT2D eigenvalue weighted by Gasteiger charge is -2.34. The lowest BCUT2D eigenvalue weighted by Crippen LogP contribution is -2.33. The fourth-order valence-electron chi connectivity index (χ4n) is 2.89. The highest BCUT2D eigenvalue weighted by Gasteiger charge is 2.25. The van der Waals surface area contributed by atoms with Crippen molar-refractivity contribution in [3.63, 3.8) is 0 Å². The van der Waals surface area contributed by atoms with Crippen LogP contribution in [0.2, 0.25) is 0 Å². The molecule has 3 atom stereocenters. The highest BCUT2D eigenvalue weighted by Crippen LogP contribution is 2.31. The predicted molar refractivity (Wildman–Crippen MR) is 79.2 cm³/mol. The van der Waals surface area contributed by atoms with Crippen LogP contribution in [0.25, 0.3) is 10.2 Å². The summed E-state index contributed by atoms with van der Waals surface area (Å²) in [5.41, 5.74) is 4.27. The van der Waals surface area contributed by atoms with Gasteiger partial charge in [0.2, 0.25) is 0 Å². The molecule has 2 nitrogen and oxygen atoms in total. The quantitative estimate of drug-likeness (QED) is 0.858. The number of aromatic nitrogens is 1. The third-order valence-corrected chi connectivity index (χ3v) is 4.93. The van der Waals surface area contributed by atoms with E-state index in [9.17, 15) is 0 Å². The molecule has 0 spiro atoms. The molecule has 3 heteroatoms. The summed E-state index contributed by atoms with van der Waals surface area (Å²) in [6.07, 6.45) is 4.02. The highest BCUT2D eigenvalue weighted by molar-refractivity contribution is 7.16. The number of benzene rings is 1. The molecular formula is C15H20N2S. The lowest BCUT2D eigenvalue weighted by atomic mass is 9.80. The molecule has 0 bridgehead atoms. The van der Waals surface area contributed by atoms with Gasteiger partial charge in [0.1, 0.15) is 0 Å². The van der Waals surface area contributed by atoms with E-state index in [1.54, 1.807) is 11.3 Å². The van der Waals surface area contributed by atoms with Crippen LogP contribution >= 0.6 is 11.3 Å². The molecule has 0 aliphatic heterocycles. The molecule has 96 valence electrons. The molecule has 0 saturated heterocycles. The molecule has 1 aliphatic carbocycles. The molecule has 3 unspecified atom stereocenters. The number of hydrogen-bond donors (Lipinski definition) is 1. The third kappa shape index (κ3) is 2.37. The van der Waals surface area contributed by atoms with Crippen LogP contribution in [-0.4, -0.2) is 11.0 Å². The molecule has 0 amide bonds. The van der Waals surface area contributed by atoms with Crippen LogP contribution in [0, 0.1) is 11.8 Å². The number of anilines is 1. The van der Waals surface area contributed by atoms with E-state index in [1.807, 2.05) is 5.51 Å². The van der Waals surface area contributed by atoms with Crippen molar-refractivity contribution in [2.24, 2.45) is 11.8 Å². The van der Waals surface area contributed by atoms with Crippen molar-refractivity contribution in [1.82, 2.24) is 4.98 Å². The molecule has 1 aliphatic rings. The van der Waals surface area contributed by atoms with E-state index >= 15 is 0 Å². The van der Waals surface area contributed by atoms with Crippen molar-refractivity contribution in [1.29, 1.82) is 0 Å². The van der Waals surface area contributed by atoms with Gasteiger partial charge in [-0.25, -0.2) is 4.98 Å². The maximum Gasteiger partial charge on any atom is 0.0813 e. The van der Waals surface area contributed by atoms with Gasteiger partial charge in [-0.15, -0.1) is 11.3 Å². The zero-order valence-electron chi connectivity index (χ0n) is 11.0. The molecule has 1 N–H and O–H groups in total. The largest absolute Gasteiger partial charge is 0.382 e. The summed E-state index contributed by atoms with van der Waals surface area (Å²) in [4.78, 5) is 4.32. The molecule has 1 aromatic carbocycles. The van der Waals surface area contributed by atoms with E-state index in [0.29, 0.717) is 6.04 Å². The molecule has 0 radical (unpaired) electrons. The number of nitrogens with one attached hydrogen (secondary N) is 1. The van der Waals surface area contributed by atoms with Gasteiger partial charge >= 0.3 is 0 Å². The number of hydrogen-bond acceptors (Lipinski definition) is 3. The van der Waals surface area contributed by atoms with Crippen LogP contribution in [0.5, 0.6) is 0 Å². The van der Waals surface area contributed by atoms with Crippen LogP contribution in [0.4, 0.5) is 5.69 Å². The van der Waals surface area contributed by atoms with Crippen LogP contribution in [0.1, 0.15) is 33.1 Å². The smallest absolute Gasteiger partial charge is 0.0813 e. The van der Waals surface area contributed by atoms with Gasteiger partial charge in [0.05, 0.1) is 15.7 Å². The molecule has 2 aromatic rings. The van der Waals surface area contributed by atoms with Gasteiger partial charge in [-0.05, 0) is 42.9 Å².